The number of methoxy groups -OCH3 is 1. The summed E-state index contributed by atoms with van der Waals surface area (Å²) in [7, 11) is 1.50. The van der Waals surface area contributed by atoms with E-state index in [1.807, 2.05) is 36.4 Å². The van der Waals surface area contributed by atoms with Crippen LogP contribution in [0, 0.1) is 11.3 Å². The number of hydrogen-bond acceptors (Lipinski definition) is 4. The minimum Gasteiger partial charge on any atom is -0.493 e. The van der Waals surface area contributed by atoms with E-state index in [0.29, 0.717) is 17.9 Å². The quantitative estimate of drug-likeness (QED) is 0.779. The van der Waals surface area contributed by atoms with E-state index in [1.54, 1.807) is 29.1 Å². The van der Waals surface area contributed by atoms with Gasteiger partial charge in [-0.15, -0.1) is 0 Å². The lowest BCUT2D eigenvalue weighted by Crippen LogP contribution is -2.24. The summed E-state index contributed by atoms with van der Waals surface area (Å²) >= 11 is 0. The van der Waals surface area contributed by atoms with Crippen LogP contribution in [0.25, 0.3) is 5.69 Å². The Bertz CT molecular complexity index is 926. The maximum Gasteiger partial charge on any atom is 0.275 e. The summed E-state index contributed by atoms with van der Waals surface area (Å²) in [5.41, 5.74) is 2.44. The van der Waals surface area contributed by atoms with Crippen molar-refractivity contribution in [2.24, 2.45) is 0 Å². The predicted molar refractivity (Wildman–Crippen MR) is 92.4 cm³/mol. The van der Waals surface area contributed by atoms with Crippen molar-refractivity contribution >= 4 is 5.91 Å². The Morgan fingerprint density at radius 2 is 2.04 bits per heavy atom. The lowest BCUT2D eigenvalue weighted by molar-refractivity contribution is 0.0942. The highest BCUT2D eigenvalue weighted by Crippen LogP contribution is 2.19. The standard InChI is InChI=1S/C19H16N4O2/c1-25-17-13-23(16-8-3-2-4-9-16)22-18(17)19(24)21-12-15-7-5-6-14(10-15)11-20/h2-10,13H,12H2,1H3,(H,21,24). The smallest absolute Gasteiger partial charge is 0.275 e. The monoisotopic (exact) mass is 332 g/mol. The Labute approximate surface area is 145 Å². The van der Waals surface area contributed by atoms with Gasteiger partial charge < -0.3 is 10.1 Å². The third kappa shape index (κ3) is 3.67. The fourth-order valence-corrected chi connectivity index (χ4v) is 2.39. The van der Waals surface area contributed by atoms with E-state index < -0.39 is 0 Å². The van der Waals surface area contributed by atoms with Gasteiger partial charge in [0, 0.05) is 6.54 Å². The molecule has 0 unspecified atom stereocenters. The largest absolute Gasteiger partial charge is 0.493 e. The molecule has 3 rings (SSSR count). The fourth-order valence-electron chi connectivity index (χ4n) is 2.39. The molecule has 0 saturated carbocycles. The normalized spacial score (nSPS) is 10.1. The number of rotatable bonds is 5. The minimum absolute atomic E-state index is 0.211. The van der Waals surface area contributed by atoms with Gasteiger partial charge in [-0.3, -0.25) is 4.79 Å². The number of benzene rings is 2. The Morgan fingerprint density at radius 3 is 2.76 bits per heavy atom. The maximum absolute atomic E-state index is 12.5. The van der Waals surface area contributed by atoms with Crippen molar-refractivity contribution in [1.29, 1.82) is 5.26 Å². The molecule has 6 heteroatoms. The molecular formula is C19H16N4O2. The highest BCUT2D eigenvalue weighted by atomic mass is 16.5. The van der Waals surface area contributed by atoms with Crippen LogP contribution in [0.15, 0.2) is 60.8 Å². The van der Waals surface area contributed by atoms with E-state index in [0.717, 1.165) is 11.3 Å². The molecule has 0 aliphatic carbocycles. The average Bonchev–Trinajstić information content (AvgIpc) is 3.11. The van der Waals surface area contributed by atoms with Gasteiger partial charge in [-0.05, 0) is 29.8 Å². The highest BCUT2D eigenvalue weighted by molar-refractivity contribution is 5.94. The third-order valence-electron chi connectivity index (χ3n) is 3.65. The predicted octanol–water partition coefficient (Wildman–Crippen LogP) is 2.68. The second-order valence-corrected chi connectivity index (χ2v) is 5.32. The molecule has 0 aliphatic rings. The minimum atomic E-state index is -0.339. The van der Waals surface area contributed by atoms with Crippen LogP contribution in [-0.4, -0.2) is 22.8 Å². The summed E-state index contributed by atoms with van der Waals surface area (Å²) in [6, 6.07) is 18.6. The van der Waals surface area contributed by atoms with E-state index in [2.05, 4.69) is 16.5 Å². The van der Waals surface area contributed by atoms with Crippen LogP contribution in [0.3, 0.4) is 0 Å². The number of nitrogens with one attached hydrogen (secondary N) is 1. The van der Waals surface area contributed by atoms with Gasteiger partial charge in [0.2, 0.25) is 0 Å². The molecule has 1 amide bonds. The number of hydrogen-bond donors (Lipinski definition) is 1. The maximum atomic E-state index is 12.5. The molecule has 124 valence electrons. The first-order chi connectivity index (χ1) is 12.2. The van der Waals surface area contributed by atoms with Gasteiger partial charge in [-0.2, -0.15) is 10.4 Å². The first-order valence-corrected chi connectivity index (χ1v) is 7.67. The van der Waals surface area contributed by atoms with Crippen LogP contribution in [-0.2, 0) is 6.54 Å². The zero-order valence-electron chi connectivity index (χ0n) is 13.6. The first kappa shape index (κ1) is 16.3. The third-order valence-corrected chi connectivity index (χ3v) is 3.65. The fraction of sp³-hybridized carbons (Fsp3) is 0.105. The first-order valence-electron chi connectivity index (χ1n) is 7.67. The summed E-state index contributed by atoms with van der Waals surface area (Å²) in [5.74, 6) is 0.0565. The molecule has 0 spiro atoms. The van der Waals surface area contributed by atoms with Crippen molar-refractivity contribution in [1.82, 2.24) is 15.1 Å². The number of nitriles is 1. The summed E-state index contributed by atoms with van der Waals surface area (Å²) in [4.78, 5) is 12.5. The number of nitrogens with zero attached hydrogens (tertiary/aromatic N) is 3. The summed E-state index contributed by atoms with van der Waals surface area (Å²) in [6.45, 7) is 0.301. The van der Waals surface area contributed by atoms with E-state index in [-0.39, 0.29) is 11.6 Å². The van der Waals surface area contributed by atoms with E-state index in [1.165, 1.54) is 7.11 Å². The van der Waals surface area contributed by atoms with Gasteiger partial charge >= 0.3 is 0 Å². The number of amides is 1. The van der Waals surface area contributed by atoms with Crippen molar-refractivity contribution in [2.75, 3.05) is 7.11 Å². The molecule has 0 saturated heterocycles. The van der Waals surface area contributed by atoms with Crippen molar-refractivity contribution in [3.05, 3.63) is 77.6 Å². The number of carbonyl (C=O) groups excluding carboxylic acids is 1. The highest BCUT2D eigenvalue weighted by Gasteiger charge is 2.18. The van der Waals surface area contributed by atoms with Crippen molar-refractivity contribution in [3.8, 4) is 17.5 Å². The van der Waals surface area contributed by atoms with Crippen LogP contribution < -0.4 is 10.1 Å². The zero-order valence-corrected chi connectivity index (χ0v) is 13.6. The number of para-hydroxylation sites is 1. The van der Waals surface area contributed by atoms with Gasteiger partial charge in [0.15, 0.2) is 11.4 Å². The molecule has 0 atom stereocenters. The lowest BCUT2D eigenvalue weighted by Gasteiger charge is -2.05. The molecule has 6 nitrogen and oxygen atoms in total. The summed E-state index contributed by atoms with van der Waals surface area (Å²) in [5, 5.41) is 16.1. The lowest BCUT2D eigenvalue weighted by atomic mass is 10.1. The molecule has 0 aliphatic heterocycles. The Kier molecular flexibility index (Phi) is 4.77. The van der Waals surface area contributed by atoms with Gasteiger partial charge in [0.1, 0.15) is 0 Å². The number of carbonyl (C=O) groups is 1. The van der Waals surface area contributed by atoms with Crippen LogP contribution in [0.4, 0.5) is 0 Å². The molecule has 0 radical (unpaired) electrons. The van der Waals surface area contributed by atoms with E-state index in [9.17, 15) is 4.79 Å². The topological polar surface area (TPSA) is 79.9 Å². The Hall–Kier alpha value is -3.59. The van der Waals surface area contributed by atoms with Gasteiger partial charge in [0.25, 0.3) is 5.91 Å². The van der Waals surface area contributed by atoms with Gasteiger partial charge in [0.05, 0.1) is 30.6 Å². The van der Waals surface area contributed by atoms with Crippen molar-refractivity contribution < 1.29 is 9.53 Å². The van der Waals surface area contributed by atoms with E-state index >= 15 is 0 Å². The molecule has 3 aromatic rings. The SMILES string of the molecule is COc1cn(-c2ccccc2)nc1C(=O)NCc1cccc(C#N)c1. The second kappa shape index (κ2) is 7.32. The average molecular weight is 332 g/mol. The Morgan fingerprint density at radius 1 is 1.24 bits per heavy atom. The van der Waals surface area contributed by atoms with Crippen LogP contribution in [0.2, 0.25) is 0 Å². The van der Waals surface area contributed by atoms with Gasteiger partial charge in [-0.1, -0.05) is 30.3 Å². The molecule has 0 bridgehead atoms. The zero-order chi connectivity index (χ0) is 17.6. The van der Waals surface area contributed by atoms with E-state index in [4.69, 9.17) is 10.00 Å². The molecule has 0 fully saturated rings. The Balaban J connectivity index is 1.77. The number of aromatic nitrogens is 2. The molecule has 25 heavy (non-hydrogen) atoms. The van der Waals surface area contributed by atoms with Crippen molar-refractivity contribution in [2.45, 2.75) is 6.54 Å². The summed E-state index contributed by atoms with van der Waals surface area (Å²) in [6.07, 6.45) is 1.67. The van der Waals surface area contributed by atoms with Crippen LogP contribution >= 0.6 is 0 Å². The second-order valence-electron chi connectivity index (χ2n) is 5.32. The van der Waals surface area contributed by atoms with Gasteiger partial charge in [-0.25, -0.2) is 4.68 Å². The molecular weight excluding hydrogens is 316 g/mol. The molecule has 1 aromatic heterocycles. The molecule has 1 N–H and O–H groups in total. The molecule has 2 aromatic carbocycles. The summed E-state index contributed by atoms with van der Waals surface area (Å²) < 4.78 is 6.87. The van der Waals surface area contributed by atoms with Crippen LogP contribution in [0.1, 0.15) is 21.6 Å². The van der Waals surface area contributed by atoms with Crippen LogP contribution in [0.5, 0.6) is 5.75 Å². The number of ether oxygens (including phenoxy) is 1. The molecule has 1 heterocycles. The van der Waals surface area contributed by atoms with Crippen molar-refractivity contribution in [3.63, 3.8) is 0 Å².